The molecule has 3 N–H and O–H groups in total. The largest absolute Gasteiger partial charge is 0.461 e. The third kappa shape index (κ3) is 5.48. The first kappa shape index (κ1) is 33.5. The summed E-state index contributed by atoms with van der Waals surface area (Å²) in [5.41, 5.74) is -1.82. The van der Waals surface area contributed by atoms with Gasteiger partial charge in [-0.3, -0.25) is 4.90 Å². The van der Waals surface area contributed by atoms with Crippen molar-refractivity contribution < 1.29 is 45.0 Å². The molecule has 0 unspecified atom stereocenters. The fourth-order valence-electron chi connectivity index (χ4n) is 7.55. The molecule has 4 aromatic rings. The van der Waals surface area contributed by atoms with Gasteiger partial charge in [-0.05, 0) is 49.9 Å². The van der Waals surface area contributed by atoms with Crippen LogP contribution in [-0.2, 0) is 12.4 Å². The molecule has 2 saturated heterocycles. The van der Waals surface area contributed by atoms with Gasteiger partial charge < -0.3 is 20.5 Å². The fraction of sp³-hybridized carbons (Fsp3) is 0.469. The molecule has 2 aromatic carbocycles. The molecule has 8 nitrogen and oxygen atoms in total. The zero-order valence-corrected chi connectivity index (χ0v) is 26.5. The van der Waals surface area contributed by atoms with Crippen LogP contribution in [0, 0.1) is 17.1 Å². The first-order chi connectivity index (χ1) is 23.0. The molecule has 1 aliphatic carbocycles. The molecule has 2 aliphatic heterocycles. The summed E-state index contributed by atoms with van der Waals surface area (Å²) >= 11 is 0.530. The van der Waals surface area contributed by atoms with Crippen molar-refractivity contribution in [3.05, 3.63) is 40.7 Å². The van der Waals surface area contributed by atoms with E-state index in [0.717, 1.165) is 18.6 Å². The number of aliphatic hydroxyl groups excluding tert-OH is 1. The molecule has 2 aromatic heterocycles. The Morgan fingerprint density at radius 2 is 1.92 bits per heavy atom. The lowest BCUT2D eigenvalue weighted by atomic mass is 9.87. The summed E-state index contributed by atoms with van der Waals surface area (Å²) in [6.45, 7) is 0.606. The number of aromatic nitrogens is 2. The number of alkyl halides is 7. The number of nitriles is 1. The van der Waals surface area contributed by atoms with E-state index >= 15 is 13.2 Å². The number of nitrogen functional groups attached to an aromatic ring is 1. The highest BCUT2D eigenvalue weighted by Crippen LogP contribution is 2.52. The third-order valence-corrected chi connectivity index (χ3v) is 11.0. The minimum Gasteiger partial charge on any atom is -0.461 e. The number of aliphatic hydroxyl groups is 1. The molecule has 3 fully saturated rings. The number of nitrogens with zero attached hydrogens (tertiary/aromatic N) is 5. The van der Waals surface area contributed by atoms with E-state index in [0.29, 0.717) is 30.4 Å². The Kier molecular flexibility index (Phi) is 7.88. The highest BCUT2D eigenvalue weighted by atomic mass is 32.1. The van der Waals surface area contributed by atoms with Crippen molar-refractivity contribution in [3.63, 3.8) is 0 Å². The van der Waals surface area contributed by atoms with Crippen molar-refractivity contribution in [2.75, 3.05) is 37.4 Å². The molecule has 260 valence electrons. The average Bonchev–Trinajstić information content (AvgIpc) is 3.65. The third-order valence-electron chi connectivity index (χ3n) is 9.94. The summed E-state index contributed by atoms with van der Waals surface area (Å²) in [6.07, 6.45) is -10.9. The number of ether oxygens (including phenoxy) is 1. The van der Waals surface area contributed by atoms with Crippen LogP contribution in [0.3, 0.4) is 0 Å². The number of rotatable bonds is 6. The zero-order chi connectivity index (χ0) is 35.2. The smallest absolute Gasteiger partial charge is 0.419 e. The standard InChI is InChI=1S/C32H28F8N6O2S/c1-45(15-7-16(47)8-15)28-18-9-20(31(35,36)37)23(17-3-4-21(34)26-22(17)19(11-41)27(42)49-26)24(32(38,39)40)25(18)43-29(44-28)48-13-30-5-2-6-46(30)12-14(33)10-30/h3-4,9,14-16,47H,2,5-8,10,12-13,42H2,1H3/t14-,15?,16?,30+/m1/s1. The zero-order valence-electron chi connectivity index (χ0n) is 25.7. The van der Waals surface area contributed by atoms with E-state index in [1.807, 2.05) is 4.90 Å². The van der Waals surface area contributed by atoms with Crippen molar-refractivity contribution in [1.29, 1.82) is 5.26 Å². The van der Waals surface area contributed by atoms with Crippen molar-refractivity contribution >= 4 is 43.1 Å². The van der Waals surface area contributed by atoms with Gasteiger partial charge in [-0.25, -0.2) is 8.78 Å². The summed E-state index contributed by atoms with van der Waals surface area (Å²) in [5, 5.41) is 18.4. The second kappa shape index (κ2) is 11.5. The lowest BCUT2D eigenvalue weighted by molar-refractivity contribution is -0.141. The number of benzene rings is 2. The van der Waals surface area contributed by atoms with E-state index in [1.165, 1.54) is 11.9 Å². The van der Waals surface area contributed by atoms with Gasteiger partial charge in [-0.1, -0.05) is 6.07 Å². The number of thiophene rings is 1. The molecule has 0 bridgehead atoms. The molecule has 3 aliphatic rings. The van der Waals surface area contributed by atoms with Gasteiger partial charge in [0.05, 0.1) is 38.5 Å². The molecule has 17 heteroatoms. The summed E-state index contributed by atoms with van der Waals surface area (Å²) in [4.78, 5) is 11.7. The lowest BCUT2D eigenvalue weighted by Crippen LogP contribution is -2.46. The Balaban J connectivity index is 1.53. The van der Waals surface area contributed by atoms with Crippen LogP contribution in [0.5, 0.6) is 6.01 Å². The monoisotopic (exact) mass is 712 g/mol. The molecule has 1 saturated carbocycles. The molecular weight excluding hydrogens is 684 g/mol. The maximum Gasteiger partial charge on any atom is 0.419 e. The Morgan fingerprint density at radius 1 is 1.18 bits per heavy atom. The van der Waals surface area contributed by atoms with E-state index in [1.54, 1.807) is 6.07 Å². The highest BCUT2D eigenvalue weighted by Gasteiger charge is 2.50. The van der Waals surface area contributed by atoms with Gasteiger partial charge in [0.15, 0.2) is 0 Å². The van der Waals surface area contributed by atoms with Gasteiger partial charge >= 0.3 is 18.4 Å². The van der Waals surface area contributed by atoms with Gasteiger partial charge in [0.1, 0.15) is 35.5 Å². The van der Waals surface area contributed by atoms with Crippen LogP contribution in [0.2, 0.25) is 0 Å². The van der Waals surface area contributed by atoms with Crippen LogP contribution >= 0.6 is 11.3 Å². The molecule has 7 rings (SSSR count). The second-order valence-electron chi connectivity index (χ2n) is 12.9. The predicted molar refractivity (Wildman–Crippen MR) is 165 cm³/mol. The van der Waals surface area contributed by atoms with E-state index in [-0.39, 0.29) is 47.9 Å². The summed E-state index contributed by atoms with van der Waals surface area (Å²) in [7, 11) is 1.44. The van der Waals surface area contributed by atoms with Crippen LogP contribution in [0.15, 0.2) is 18.2 Å². The minimum atomic E-state index is -5.48. The predicted octanol–water partition coefficient (Wildman–Crippen LogP) is 7.06. The van der Waals surface area contributed by atoms with Crippen LogP contribution in [0.25, 0.3) is 32.1 Å². The lowest BCUT2D eigenvalue weighted by Gasteiger charge is -2.39. The van der Waals surface area contributed by atoms with Crippen LogP contribution in [0.1, 0.15) is 48.8 Å². The summed E-state index contributed by atoms with van der Waals surface area (Å²) in [5.74, 6) is -1.27. The van der Waals surface area contributed by atoms with E-state index in [2.05, 4.69) is 9.97 Å². The minimum absolute atomic E-state index is 0.131. The Hall–Kier alpha value is -4.01. The molecule has 0 spiro atoms. The van der Waals surface area contributed by atoms with Crippen LogP contribution in [0.4, 0.5) is 45.9 Å². The molecule has 49 heavy (non-hydrogen) atoms. The Morgan fingerprint density at radius 3 is 2.57 bits per heavy atom. The van der Waals surface area contributed by atoms with Gasteiger partial charge in [0, 0.05) is 42.4 Å². The van der Waals surface area contributed by atoms with Crippen molar-refractivity contribution in [2.24, 2.45) is 0 Å². The first-order valence-electron chi connectivity index (χ1n) is 15.4. The Labute approximate surface area is 277 Å². The van der Waals surface area contributed by atoms with E-state index in [4.69, 9.17) is 10.5 Å². The average molecular weight is 713 g/mol. The number of anilines is 2. The Bertz CT molecular complexity index is 2020. The quantitative estimate of drug-likeness (QED) is 0.205. The molecule has 2 atom stereocenters. The van der Waals surface area contributed by atoms with Gasteiger partial charge in [0.2, 0.25) is 0 Å². The number of hydrogen-bond donors (Lipinski definition) is 2. The summed E-state index contributed by atoms with van der Waals surface area (Å²) < 4.78 is 126. The van der Waals surface area contributed by atoms with Crippen LogP contribution in [-0.4, -0.2) is 70.6 Å². The van der Waals surface area contributed by atoms with Gasteiger partial charge in [-0.15, -0.1) is 11.3 Å². The SMILES string of the molecule is CN(c1nc(OC[C@@]23CCCN2C[C@H](F)C3)nc2c(C(F)(F)F)c(-c3ccc(F)c4sc(N)c(C#N)c34)c(C(F)(F)F)cc12)C1CC(O)C1. The first-order valence-corrected chi connectivity index (χ1v) is 16.2. The van der Waals surface area contributed by atoms with Crippen molar-refractivity contribution in [3.8, 4) is 23.2 Å². The van der Waals surface area contributed by atoms with Gasteiger partial charge in [0.25, 0.3) is 0 Å². The second-order valence-corrected chi connectivity index (χ2v) is 14.0. The fourth-order valence-corrected chi connectivity index (χ4v) is 8.50. The molecule has 0 amide bonds. The van der Waals surface area contributed by atoms with Gasteiger partial charge in [-0.2, -0.15) is 41.6 Å². The summed E-state index contributed by atoms with van der Waals surface area (Å²) in [6, 6.07) is 2.66. The van der Waals surface area contributed by atoms with Crippen molar-refractivity contribution in [1.82, 2.24) is 14.9 Å². The van der Waals surface area contributed by atoms with E-state index in [9.17, 15) is 32.3 Å². The number of halogens is 8. The topological polar surface area (TPSA) is 112 Å². The number of nitrogens with two attached hydrogens (primary N) is 1. The maximum absolute atomic E-state index is 15.4. The maximum atomic E-state index is 15.4. The molecule has 0 radical (unpaired) electrons. The normalized spacial score (nSPS) is 24.3. The number of fused-ring (bicyclic) bond motifs is 3. The number of hydrogen-bond acceptors (Lipinski definition) is 9. The van der Waals surface area contributed by atoms with Crippen LogP contribution < -0.4 is 15.4 Å². The highest BCUT2D eigenvalue weighted by molar-refractivity contribution is 7.23. The molecular formula is C32H28F8N6O2S. The molecule has 4 heterocycles. The van der Waals surface area contributed by atoms with E-state index < -0.39 is 92.1 Å². The van der Waals surface area contributed by atoms with Crippen molar-refractivity contribution in [2.45, 2.75) is 68.3 Å².